The molecular formula is C12H11N5O2. The molecule has 7 nitrogen and oxygen atoms in total. The summed E-state index contributed by atoms with van der Waals surface area (Å²) >= 11 is 0. The fourth-order valence-electron chi connectivity index (χ4n) is 1.58. The summed E-state index contributed by atoms with van der Waals surface area (Å²) in [7, 11) is 0. The van der Waals surface area contributed by atoms with Crippen molar-refractivity contribution in [1.29, 1.82) is 5.26 Å². The lowest BCUT2D eigenvalue weighted by molar-refractivity contribution is -0.121. The van der Waals surface area contributed by atoms with Crippen LogP contribution < -0.4 is 10.9 Å². The molecule has 7 heteroatoms. The predicted molar refractivity (Wildman–Crippen MR) is 67.0 cm³/mol. The molecule has 1 heterocycles. The van der Waals surface area contributed by atoms with Crippen molar-refractivity contribution >= 4 is 16.8 Å². The SMILES string of the molecule is N#CCCNC(=O)Cn1nnc2ccccc2c1=O. The van der Waals surface area contributed by atoms with Gasteiger partial charge in [-0.05, 0) is 12.1 Å². The van der Waals surface area contributed by atoms with E-state index in [4.69, 9.17) is 5.26 Å². The van der Waals surface area contributed by atoms with Crippen molar-refractivity contribution in [2.45, 2.75) is 13.0 Å². The number of aromatic nitrogens is 3. The zero-order valence-corrected chi connectivity index (χ0v) is 10.0. The van der Waals surface area contributed by atoms with E-state index in [-0.39, 0.29) is 31.0 Å². The van der Waals surface area contributed by atoms with Crippen LogP contribution in [-0.4, -0.2) is 27.4 Å². The topological polar surface area (TPSA) is 101 Å². The normalized spacial score (nSPS) is 10.1. The monoisotopic (exact) mass is 257 g/mol. The molecule has 0 atom stereocenters. The van der Waals surface area contributed by atoms with Gasteiger partial charge in [0.25, 0.3) is 5.56 Å². The van der Waals surface area contributed by atoms with Crippen LogP contribution in [-0.2, 0) is 11.3 Å². The summed E-state index contributed by atoms with van der Waals surface area (Å²) in [4.78, 5) is 23.5. The van der Waals surface area contributed by atoms with Gasteiger partial charge >= 0.3 is 0 Å². The summed E-state index contributed by atoms with van der Waals surface area (Å²) in [5, 5.41) is 18.9. The van der Waals surface area contributed by atoms with Crippen molar-refractivity contribution in [2.75, 3.05) is 6.54 Å². The number of hydrogen-bond acceptors (Lipinski definition) is 5. The van der Waals surface area contributed by atoms with E-state index in [1.54, 1.807) is 24.3 Å². The largest absolute Gasteiger partial charge is 0.353 e. The Bertz CT molecular complexity index is 701. The molecule has 0 saturated heterocycles. The maximum atomic E-state index is 12.0. The van der Waals surface area contributed by atoms with Crippen LogP contribution in [0.3, 0.4) is 0 Å². The molecule has 2 aromatic rings. The lowest BCUT2D eigenvalue weighted by atomic mass is 10.2. The molecule has 1 aromatic carbocycles. The number of benzene rings is 1. The second-order valence-corrected chi connectivity index (χ2v) is 3.83. The highest BCUT2D eigenvalue weighted by molar-refractivity contribution is 5.78. The standard InChI is InChI=1S/C12H11N5O2/c13-6-3-7-14-11(18)8-17-12(19)9-4-1-2-5-10(9)15-16-17/h1-2,4-5H,3,7-8H2,(H,14,18). The number of hydrogen-bond donors (Lipinski definition) is 1. The van der Waals surface area contributed by atoms with E-state index in [9.17, 15) is 9.59 Å². The first-order valence-corrected chi connectivity index (χ1v) is 5.68. The highest BCUT2D eigenvalue weighted by Gasteiger charge is 2.08. The van der Waals surface area contributed by atoms with Crippen LogP contribution in [0.1, 0.15) is 6.42 Å². The maximum absolute atomic E-state index is 12.0. The van der Waals surface area contributed by atoms with Crippen molar-refractivity contribution < 1.29 is 4.79 Å². The average molecular weight is 257 g/mol. The van der Waals surface area contributed by atoms with Crippen LogP contribution in [0, 0.1) is 11.3 Å². The molecule has 1 amide bonds. The minimum Gasteiger partial charge on any atom is -0.353 e. The highest BCUT2D eigenvalue weighted by Crippen LogP contribution is 2.02. The molecule has 96 valence electrons. The first-order valence-electron chi connectivity index (χ1n) is 5.68. The number of carbonyl (C=O) groups is 1. The number of nitrogens with one attached hydrogen (secondary N) is 1. The van der Waals surface area contributed by atoms with E-state index in [0.29, 0.717) is 10.9 Å². The Kier molecular flexibility index (Phi) is 3.83. The van der Waals surface area contributed by atoms with Crippen molar-refractivity contribution in [1.82, 2.24) is 20.3 Å². The molecule has 0 saturated carbocycles. The summed E-state index contributed by atoms with van der Waals surface area (Å²) in [5.74, 6) is -0.373. The van der Waals surface area contributed by atoms with Gasteiger partial charge in [0.2, 0.25) is 5.91 Å². The Morgan fingerprint density at radius 1 is 1.42 bits per heavy atom. The molecule has 1 aromatic heterocycles. The molecule has 0 fully saturated rings. The van der Waals surface area contributed by atoms with E-state index < -0.39 is 0 Å². The van der Waals surface area contributed by atoms with Crippen LogP contribution in [0.2, 0.25) is 0 Å². The molecule has 0 bridgehead atoms. The first-order chi connectivity index (χ1) is 9.22. The van der Waals surface area contributed by atoms with Crippen molar-refractivity contribution in [3.63, 3.8) is 0 Å². The molecule has 1 N–H and O–H groups in total. The minimum absolute atomic E-state index is 0.206. The summed E-state index contributed by atoms with van der Waals surface area (Å²) < 4.78 is 1.00. The number of nitrogens with zero attached hydrogens (tertiary/aromatic N) is 4. The third-order valence-electron chi connectivity index (χ3n) is 2.48. The lowest BCUT2D eigenvalue weighted by Gasteiger charge is -2.05. The smallest absolute Gasteiger partial charge is 0.278 e. The van der Waals surface area contributed by atoms with Gasteiger partial charge in [0.05, 0.1) is 17.9 Å². The molecule has 0 spiro atoms. The van der Waals surface area contributed by atoms with Gasteiger partial charge < -0.3 is 5.32 Å². The molecule has 0 aliphatic rings. The zero-order valence-electron chi connectivity index (χ0n) is 10.0. The van der Waals surface area contributed by atoms with Gasteiger partial charge in [-0.15, -0.1) is 5.10 Å². The quantitative estimate of drug-likeness (QED) is 0.766. The van der Waals surface area contributed by atoms with Gasteiger partial charge in [-0.3, -0.25) is 9.59 Å². The number of fused-ring (bicyclic) bond motifs is 1. The van der Waals surface area contributed by atoms with Crippen LogP contribution >= 0.6 is 0 Å². The molecule has 0 aliphatic heterocycles. The lowest BCUT2D eigenvalue weighted by Crippen LogP contribution is -2.34. The fourth-order valence-corrected chi connectivity index (χ4v) is 1.58. The molecular weight excluding hydrogens is 246 g/mol. The fraction of sp³-hybridized carbons (Fsp3) is 0.250. The third-order valence-corrected chi connectivity index (χ3v) is 2.48. The number of carbonyl (C=O) groups excluding carboxylic acids is 1. The zero-order chi connectivity index (χ0) is 13.7. The summed E-state index contributed by atoms with van der Waals surface area (Å²) in [6.45, 7) is 0.0488. The Morgan fingerprint density at radius 2 is 2.21 bits per heavy atom. The Morgan fingerprint density at radius 3 is 3.00 bits per heavy atom. The van der Waals surface area contributed by atoms with Crippen molar-refractivity contribution in [3.05, 3.63) is 34.6 Å². The predicted octanol–water partition coefficient (Wildman–Crippen LogP) is -0.179. The molecule has 2 rings (SSSR count). The number of rotatable bonds is 4. The van der Waals surface area contributed by atoms with E-state index in [0.717, 1.165) is 4.68 Å². The summed E-state index contributed by atoms with van der Waals surface area (Å²) in [6, 6.07) is 8.71. The second-order valence-electron chi connectivity index (χ2n) is 3.83. The Balaban J connectivity index is 2.18. The van der Waals surface area contributed by atoms with Crippen LogP contribution in [0.15, 0.2) is 29.1 Å². The number of amides is 1. The summed E-state index contributed by atoms with van der Waals surface area (Å²) in [5.41, 5.74) is 0.134. The number of nitriles is 1. The van der Waals surface area contributed by atoms with Gasteiger partial charge in [0.15, 0.2) is 0 Å². The first kappa shape index (κ1) is 12.7. The molecule has 19 heavy (non-hydrogen) atoms. The Labute approximate surface area is 108 Å². The van der Waals surface area contributed by atoms with Gasteiger partial charge in [0.1, 0.15) is 12.1 Å². The minimum atomic E-state index is -0.373. The van der Waals surface area contributed by atoms with Crippen LogP contribution in [0.4, 0.5) is 0 Å². The van der Waals surface area contributed by atoms with E-state index in [1.807, 2.05) is 6.07 Å². The molecule has 0 aliphatic carbocycles. The van der Waals surface area contributed by atoms with Gasteiger partial charge in [-0.2, -0.15) is 5.26 Å². The van der Waals surface area contributed by atoms with Crippen LogP contribution in [0.5, 0.6) is 0 Å². The summed E-state index contributed by atoms with van der Waals surface area (Å²) in [6.07, 6.45) is 0.226. The third kappa shape index (κ3) is 2.93. The van der Waals surface area contributed by atoms with E-state index in [1.165, 1.54) is 0 Å². The molecule has 0 unspecified atom stereocenters. The maximum Gasteiger partial charge on any atom is 0.278 e. The Hall–Kier alpha value is -2.75. The van der Waals surface area contributed by atoms with Crippen molar-refractivity contribution in [2.24, 2.45) is 0 Å². The van der Waals surface area contributed by atoms with Gasteiger partial charge in [-0.1, -0.05) is 17.3 Å². The highest BCUT2D eigenvalue weighted by atomic mass is 16.2. The second kappa shape index (κ2) is 5.73. The van der Waals surface area contributed by atoms with Gasteiger partial charge in [-0.25, -0.2) is 4.68 Å². The van der Waals surface area contributed by atoms with E-state index >= 15 is 0 Å². The molecule has 0 radical (unpaired) electrons. The van der Waals surface area contributed by atoms with Crippen LogP contribution in [0.25, 0.3) is 10.9 Å². The van der Waals surface area contributed by atoms with Crippen molar-refractivity contribution in [3.8, 4) is 6.07 Å². The van der Waals surface area contributed by atoms with Gasteiger partial charge in [0, 0.05) is 6.54 Å². The van der Waals surface area contributed by atoms with E-state index in [2.05, 4.69) is 15.6 Å². The average Bonchev–Trinajstić information content (AvgIpc) is 2.43.